The van der Waals surface area contributed by atoms with E-state index in [4.69, 9.17) is 0 Å². The summed E-state index contributed by atoms with van der Waals surface area (Å²) in [6.45, 7) is 6.29. The van der Waals surface area contributed by atoms with Crippen LogP contribution in [0.25, 0.3) is 0 Å². The minimum absolute atomic E-state index is 0.00174. The molecule has 0 amide bonds. The summed E-state index contributed by atoms with van der Waals surface area (Å²) in [6.07, 6.45) is 27.0. The lowest BCUT2D eigenvalue weighted by molar-refractivity contribution is -0.174. The number of ketones is 3. The molecule has 0 spiro atoms. The number of rotatable bonds is 29. The third kappa shape index (κ3) is 19.0. The van der Waals surface area contributed by atoms with Gasteiger partial charge in [0.1, 0.15) is 12.2 Å². The first-order valence-corrected chi connectivity index (χ1v) is 17.0. The molecule has 0 saturated heterocycles. The summed E-state index contributed by atoms with van der Waals surface area (Å²) in [5, 5.41) is 32.8. The standard InChI is InChI=1S/C37H62O6/c1-4-7-10-13-14-15-16-17-18-19-20-21-22-25-26-29-32(38)35(41)36(42)37(43,33(39)30-27-23-11-8-5-2)34(40)31-28-24-12-9-6-3/h7,10,14-15,17-18,20-21,35-36,41-43H,4-6,8-9,11-13,16,19,22-31H2,1-3H3/b10-7-,15-14-,18-17-,21-20-. The second-order valence-corrected chi connectivity index (χ2v) is 11.5. The van der Waals surface area contributed by atoms with Crippen LogP contribution in [-0.2, 0) is 14.4 Å². The van der Waals surface area contributed by atoms with Crippen LogP contribution in [0.3, 0.4) is 0 Å². The molecule has 0 radical (unpaired) electrons. The third-order valence-electron chi connectivity index (χ3n) is 7.68. The summed E-state index contributed by atoms with van der Waals surface area (Å²) in [5.41, 5.74) is -2.76. The smallest absolute Gasteiger partial charge is 0.210 e. The van der Waals surface area contributed by atoms with Gasteiger partial charge in [-0.1, -0.05) is 121 Å². The third-order valence-corrected chi connectivity index (χ3v) is 7.68. The average molecular weight is 603 g/mol. The van der Waals surface area contributed by atoms with Gasteiger partial charge in [0.25, 0.3) is 0 Å². The number of unbranched alkanes of at least 4 members (excludes halogenated alkanes) is 10. The highest BCUT2D eigenvalue weighted by Crippen LogP contribution is 2.25. The molecule has 0 aliphatic heterocycles. The fourth-order valence-corrected chi connectivity index (χ4v) is 4.86. The number of carbonyl (C=O) groups is 3. The summed E-state index contributed by atoms with van der Waals surface area (Å²) < 4.78 is 0. The fourth-order valence-electron chi connectivity index (χ4n) is 4.86. The Morgan fingerprint density at radius 3 is 1.44 bits per heavy atom. The number of Topliss-reactive ketones (excluding diaryl/α,β-unsaturated/α-hetero) is 3. The highest BCUT2D eigenvalue weighted by Gasteiger charge is 2.52. The minimum atomic E-state index is -2.76. The van der Waals surface area contributed by atoms with E-state index in [9.17, 15) is 29.7 Å². The molecule has 0 fully saturated rings. The molecule has 0 heterocycles. The van der Waals surface area contributed by atoms with Crippen molar-refractivity contribution in [1.82, 2.24) is 0 Å². The summed E-state index contributed by atoms with van der Waals surface area (Å²) in [5.74, 6) is -2.27. The maximum absolute atomic E-state index is 13.1. The van der Waals surface area contributed by atoms with Crippen molar-refractivity contribution < 1.29 is 29.7 Å². The van der Waals surface area contributed by atoms with E-state index < -0.39 is 35.2 Å². The first-order valence-electron chi connectivity index (χ1n) is 17.0. The van der Waals surface area contributed by atoms with Crippen LogP contribution in [0.1, 0.15) is 149 Å². The van der Waals surface area contributed by atoms with Gasteiger partial charge in [-0.3, -0.25) is 14.4 Å². The Kier molecular flexibility index (Phi) is 26.0. The minimum Gasteiger partial charge on any atom is -0.386 e. The Hall–Kier alpha value is -2.15. The molecule has 0 bridgehead atoms. The zero-order chi connectivity index (χ0) is 32.2. The molecule has 6 heteroatoms. The number of allylic oxidation sites excluding steroid dienone is 8. The molecule has 3 N–H and O–H groups in total. The van der Waals surface area contributed by atoms with Gasteiger partial charge in [0, 0.05) is 19.3 Å². The number of aliphatic hydroxyl groups excluding tert-OH is 2. The molecule has 6 nitrogen and oxygen atoms in total. The van der Waals surface area contributed by atoms with E-state index in [-0.39, 0.29) is 19.3 Å². The molecule has 0 aromatic carbocycles. The Morgan fingerprint density at radius 1 is 0.558 bits per heavy atom. The van der Waals surface area contributed by atoms with Crippen LogP contribution in [-0.4, -0.2) is 50.5 Å². The van der Waals surface area contributed by atoms with E-state index in [1.165, 1.54) is 0 Å². The molecule has 0 aromatic heterocycles. The van der Waals surface area contributed by atoms with Gasteiger partial charge in [-0.2, -0.15) is 0 Å². The molecule has 0 aliphatic carbocycles. The second kappa shape index (κ2) is 27.4. The van der Waals surface area contributed by atoms with Gasteiger partial charge in [-0.15, -0.1) is 0 Å². The van der Waals surface area contributed by atoms with E-state index in [0.717, 1.165) is 89.9 Å². The molecule has 2 unspecified atom stereocenters. The Balaban J connectivity index is 4.80. The molecule has 2 atom stereocenters. The lowest BCUT2D eigenvalue weighted by Crippen LogP contribution is -2.61. The van der Waals surface area contributed by atoms with Crippen LogP contribution >= 0.6 is 0 Å². The van der Waals surface area contributed by atoms with Gasteiger partial charge in [0.05, 0.1) is 0 Å². The van der Waals surface area contributed by atoms with Crippen molar-refractivity contribution in [2.24, 2.45) is 0 Å². The van der Waals surface area contributed by atoms with Gasteiger partial charge in [0.2, 0.25) is 5.60 Å². The van der Waals surface area contributed by atoms with Crippen molar-refractivity contribution in [2.45, 2.75) is 167 Å². The molecule has 0 aliphatic rings. The monoisotopic (exact) mass is 602 g/mol. The van der Waals surface area contributed by atoms with Crippen molar-refractivity contribution in [2.75, 3.05) is 0 Å². The molecule has 43 heavy (non-hydrogen) atoms. The van der Waals surface area contributed by atoms with E-state index >= 15 is 0 Å². The Bertz CT molecular complexity index is 827. The molecular weight excluding hydrogens is 540 g/mol. The van der Waals surface area contributed by atoms with E-state index in [1.54, 1.807) is 0 Å². The van der Waals surface area contributed by atoms with E-state index in [2.05, 4.69) is 69.4 Å². The van der Waals surface area contributed by atoms with E-state index in [0.29, 0.717) is 19.3 Å². The van der Waals surface area contributed by atoms with Crippen molar-refractivity contribution in [1.29, 1.82) is 0 Å². The van der Waals surface area contributed by atoms with Gasteiger partial charge < -0.3 is 15.3 Å². The Morgan fingerprint density at radius 2 is 0.977 bits per heavy atom. The number of hydrogen-bond donors (Lipinski definition) is 3. The first-order chi connectivity index (χ1) is 20.8. The fraction of sp³-hybridized carbons (Fsp3) is 0.703. The number of hydrogen-bond acceptors (Lipinski definition) is 6. The van der Waals surface area contributed by atoms with Crippen molar-refractivity contribution in [3.8, 4) is 0 Å². The van der Waals surface area contributed by atoms with Gasteiger partial charge >= 0.3 is 0 Å². The zero-order valence-corrected chi connectivity index (χ0v) is 27.5. The van der Waals surface area contributed by atoms with Crippen LogP contribution < -0.4 is 0 Å². The maximum atomic E-state index is 13.1. The Labute approximate surface area is 262 Å². The van der Waals surface area contributed by atoms with Crippen molar-refractivity contribution >= 4 is 17.3 Å². The molecule has 246 valence electrons. The summed E-state index contributed by atoms with van der Waals surface area (Å²) >= 11 is 0. The topological polar surface area (TPSA) is 112 Å². The van der Waals surface area contributed by atoms with Gasteiger partial charge in [-0.05, 0) is 57.8 Å². The molecule has 0 aromatic rings. The maximum Gasteiger partial charge on any atom is 0.210 e. The van der Waals surface area contributed by atoms with E-state index in [1.807, 2.05) is 0 Å². The highest BCUT2D eigenvalue weighted by atomic mass is 16.4. The SMILES string of the molecule is CC/C=C\C/C=C\C/C=C\C/C=C\CCCCC(=O)C(O)C(O)C(O)(C(=O)CCCCCCC)C(=O)CCCCCCC. The lowest BCUT2D eigenvalue weighted by Gasteiger charge is -2.32. The normalized spacial score (nSPS) is 14.0. The van der Waals surface area contributed by atoms with Crippen LogP contribution in [0, 0.1) is 0 Å². The summed E-state index contributed by atoms with van der Waals surface area (Å²) in [6, 6.07) is 0. The summed E-state index contributed by atoms with van der Waals surface area (Å²) in [7, 11) is 0. The quantitative estimate of drug-likeness (QED) is 0.0452. The highest BCUT2D eigenvalue weighted by molar-refractivity contribution is 6.11. The average Bonchev–Trinajstić information content (AvgIpc) is 3.01. The van der Waals surface area contributed by atoms with Crippen molar-refractivity contribution in [3.05, 3.63) is 48.6 Å². The predicted octanol–water partition coefficient (Wildman–Crippen LogP) is 8.23. The summed E-state index contributed by atoms with van der Waals surface area (Å²) in [4.78, 5) is 38.9. The predicted molar refractivity (Wildman–Crippen MR) is 178 cm³/mol. The molecule has 0 saturated carbocycles. The number of aliphatic hydroxyl groups is 3. The van der Waals surface area contributed by atoms with Gasteiger partial charge in [0.15, 0.2) is 17.3 Å². The van der Waals surface area contributed by atoms with Crippen LogP contribution in [0.4, 0.5) is 0 Å². The lowest BCUT2D eigenvalue weighted by atomic mass is 9.79. The van der Waals surface area contributed by atoms with Crippen LogP contribution in [0.5, 0.6) is 0 Å². The van der Waals surface area contributed by atoms with Crippen molar-refractivity contribution in [3.63, 3.8) is 0 Å². The zero-order valence-electron chi connectivity index (χ0n) is 27.5. The largest absolute Gasteiger partial charge is 0.386 e. The number of carbonyl (C=O) groups excluding carboxylic acids is 3. The van der Waals surface area contributed by atoms with Crippen LogP contribution in [0.15, 0.2) is 48.6 Å². The van der Waals surface area contributed by atoms with Crippen LogP contribution in [0.2, 0.25) is 0 Å². The van der Waals surface area contributed by atoms with Gasteiger partial charge in [-0.25, -0.2) is 0 Å². The molecular formula is C37H62O6. The first kappa shape index (κ1) is 40.9. The second-order valence-electron chi connectivity index (χ2n) is 11.5. The molecule has 0 rings (SSSR count).